The van der Waals surface area contributed by atoms with E-state index in [1.165, 1.54) is 17.1 Å². The Morgan fingerprint density at radius 2 is 1.67 bits per heavy atom. The van der Waals surface area contributed by atoms with Gasteiger partial charge in [-0.3, -0.25) is 4.79 Å². The van der Waals surface area contributed by atoms with E-state index in [4.69, 9.17) is 0 Å². The Morgan fingerprint density at radius 1 is 1.04 bits per heavy atom. The Kier molecular flexibility index (Phi) is 6.55. The molecule has 0 spiro atoms. The molecule has 0 atom stereocenters. The Labute approximate surface area is 163 Å². The lowest BCUT2D eigenvalue weighted by atomic mass is 10.1. The monoisotopic (exact) mass is 393 g/mol. The van der Waals surface area contributed by atoms with E-state index in [0.717, 1.165) is 38.8 Å². The molecule has 1 heterocycles. The number of amides is 1. The van der Waals surface area contributed by atoms with Crippen LogP contribution in [0.1, 0.15) is 48.9 Å². The number of piperazine rings is 1. The van der Waals surface area contributed by atoms with E-state index >= 15 is 0 Å². The highest BCUT2D eigenvalue weighted by Gasteiger charge is 2.29. The smallest absolute Gasteiger partial charge is 0.253 e. The van der Waals surface area contributed by atoms with Crippen molar-refractivity contribution >= 4 is 15.9 Å². The molecular weight excluding hydrogens is 362 g/mol. The molecule has 3 rings (SSSR count). The first-order valence-corrected chi connectivity index (χ1v) is 11.4. The SMILES string of the molecule is CN1CCN(S(=O)(=O)c2cccc(C(=O)N(C)C3CCCCCC3)c2)CC1. The summed E-state index contributed by atoms with van der Waals surface area (Å²) in [7, 11) is 0.278. The highest BCUT2D eigenvalue weighted by Crippen LogP contribution is 2.24. The van der Waals surface area contributed by atoms with Crippen molar-refractivity contribution in [3.63, 3.8) is 0 Å². The summed E-state index contributed by atoms with van der Waals surface area (Å²) in [6, 6.07) is 6.78. The van der Waals surface area contributed by atoms with E-state index in [0.29, 0.717) is 18.7 Å². The molecule has 2 fully saturated rings. The predicted octanol–water partition coefficient (Wildman–Crippen LogP) is 2.42. The van der Waals surface area contributed by atoms with Gasteiger partial charge in [0.2, 0.25) is 10.0 Å². The first-order valence-electron chi connectivity index (χ1n) is 9.95. The van der Waals surface area contributed by atoms with Gasteiger partial charge in [-0.2, -0.15) is 4.31 Å². The summed E-state index contributed by atoms with van der Waals surface area (Å²) in [5, 5.41) is 0. The van der Waals surface area contributed by atoms with Crippen LogP contribution in [0.3, 0.4) is 0 Å². The van der Waals surface area contributed by atoms with Gasteiger partial charge < -0.3 is 9.80 Å². The predicted molar refractivity (Wildman–Crippen MR) is 106 cm³/mol. The maximum atomic E-state index is 13.0. The molecule has 7 heteroatoms. The van der Waals surface area contributed by atoms with Gasteiger partial charge in [0.25, 0.3) is 5.91 Å². The van der Waals surface area contributed by atoms with E-state index in [9.17, 15) is 13.2 Å². The lowest BCUT2D eigenvalue weighted by molar-refractivity contribution is 0.0717. The fraction of sp³-hybridized carbons (Fsp3) is 0.650. The van der Waals surface area contributed by atoms with E-state index in [1.54, 1.807) is 24.3 Å². The number of nitrogens with zero attached hydrogens (tertiary/aromatic N) is 3. The van der Waals surface area contributed by atoms with Crippen molar-refractivity contribution in [3.05, 3.63) is 29.8 Å². The Hall–Kier alpha value is -1.44. The maximum absolute atomic E-state index is 13.0. The Bertz CT molecular complexity index is 749. The number of hydrogen-bond donors (Lipinski definition) is 0. The minimum atomic E-state index is -3.56. The van der Waals surface area contributed by atoms with Crippen LogP contribution in [0.15, 0.2) is 29.2 Å². The molecule has 0 unspecified atom stereocenters. The number of hydrogen-bond acceptors (Lipinski definition) is 4. The lowest BCUT2D eigenvalue weighted by Gasteiger charge is -2.31. The van der Waals surface area contributed by atoms with Gasteiger partial charge in [-0.05, 0) is 38.1 Å². The van der Waals surface area contributed by atoms with Crippen LogP contribution in [-0.4, -0.2) is 74.7 Å². The first kappa shape index (κ1) is 20.3. The first-order chi connectivity index (χ1) is 12.9. The highest BCUT2D eigenvalue weighted by molar-refractivity contribution is 7.89. The summed E-state index contributed by atoms with van der Waals surface area (Å²) in [6.07, 6.45) is 6.83. The average Bonchev–Trinajstić information content (AvgIpc) is 2.97. The van der Waals surface area contributed by atoms with Crippen LogP contribution in [-0.2, 0) is 10.0 Å². The number of likely N-dealkylation sites (N-methyl/N-ethyl adjacent to an activating group) is 1. The van der Waals surface area contributed by atoms with Crippen molar-refractivity contribution < 1.29 is 13.2 Å². The third-order valence-electron chi connectivity index (χ3n) is 5.87. The Balaban J connectivity index is 1.77. The van der Waals surface area contributed by atoms with Crippen LogP contribution in [0.5, 0.6) is 0 Å². The Morgan fingerprint density at radius 3 is 2.30 bits per heavy atom. The van der Waals surface area contributed by atoms with Gasteiger partial charge in [0, 0.05) is 44.8 Å². The molecule has 1 saturated carbocycles. The maximum Gasteiger partial charge on any atom is 0.253 e. The molecule has 0 N–H and O–H groups in total. The number of benzene rings is 1. The van der Waals surface area contributed by atoms with Gasteiger partial charge in [0.1, 0.15) is 0 Å². The van der Waals surface area contributed by atoms with Crippen molar-refractivity contribution in [2.24, 2.45) is 0 Å². The van der Waals surface area contributed by atoms with Crippen LogP contribution in [0.2, 0.25) is 0 Å². The van der Waals surface area contributed by atoms with E-state index in [1.807, 2.05) is 19.0 Å². The minimum absolute atomic E-state index is 0.0858. The van der Waals surface area contributed by atoms with Gasteiger partial charge >= 0.3 is 0 Å². The van der Waals surface area contributed by atoms with Crippen molar-refractivity contribution in [3.8, 4) is 0 Å². The summed E-state index contributed by atoms with van der Waals surface area (Å²) in [6.45, 7) is 2.42. The molecule has 27 heavy (non-hydrogen) atoms. The van der Waals surface area contributed by atoms with Crippen molar-refractivity contribution in [1.29, 1.82) is 0 Å². The largest absolute Gasteiger partial charge is 0.339 e. The number of sulfonamides is 1. The van der Waals surface area contributed by atoms with Crippen molar-refractivity contribution in [2.75, 3.05) is 40.3 Å². The summed E-state index contributed by atoms with van der Waals surface area (Å²) in [4.78, 5) is 17.1. The van der Waals surface area contributed by atoms with Crippen molar-refractivity contribution in [1.82, 2.24) is 14.1 Å². The molecule has 1 aromatic carbocycles. The second kappa shape index (κ2) is 8.71. The molecule has 150 valence electrons. The van der Waals surface area contributed by atoms with Crippen LogP contribution in [0, 0.1) is 0 Å². The van der Waals surface area contributed by atoms with Gasteiger partial charge in [0.05, 0.1) is 4.90 Å². The normalized spacial score (nSPS) is 21.0. The summed E-state index contributed by atoms with van der Waals surface area (Å²) in [5.41, 5.74) is 0.456. The number of carbonyl (C=O) groups is 1. The van der Waals surface area contributed by atoms with E-state index in [-0.39, 0.29) is 16.8 Å². The fourth-order valence-electron chi connectivity index (χ4n) is 3.98. The van der Waals surface area contributed by atoms with Crippen LogP contribution in [0.4, 0.5) is 0 Å². The summed E-state index contributed by atoms with van der Waals surface area (Å²) >= 11 is 0. The van der Waals surface area contributed by atoms with E-state index < -0.39 is 10.0 Å². The lowest BCUT2D eigenvalue weighted by Crippen LogP contribution is -2.47. The molecule has 0 radical (unpaired) electrons. The fourth-order valence-corrected chi connectivity index (χ4v) is 5.45. The molecule has 1 aliphatic carbocycles. The standard InChI is InChI=1S/C20H31N3O3S/c1-21-12-14-23(15-13-21)27(25,26)19-11-7-8-17(16-19)20(24)22(2)18-9-5-3-4-6-10-18/h7-8,11,16,18H,3-6,9-10,12-15H2,1-2H3. The second-order valence-electron chi connectivity index (χ2n) is 7.80. The quantitative estimate of drug-likeness (QED) is 0.737. The molecule has 1 amide bonds. The number of rotatable bonds is 4. The second-order valence-corrected chi connectivity index (χ2v) is 9.73. The molecule has 0 aromatic heterocycles. The molecule has 6 nitrogen and oxygen atoms in total. The third kappa shape index (κ3) is 4.70. The van der Waals surface area contributed by atoms with Gasteiger partial charge in [-0.15, -0.1) is 0 Å². The van der Waals surface area contributed by atoms with Gasteiger partial charge in [0.15, 0.2) is 0 Å². The third-order valence-corrected chi connectivity index (χ3v) is 7.77. The van der Waals surface area contributed by atoms with Crippen LogP contribution in [0.25, 0.3) is 0 Å². The summed E-state index contributed by atoms with van der Waals surface area (Å²) in [5.74, 6) is -0.0858. The minimum Gasteiger partial charge on any atom is -0.339 e. The molecule has 1 aromatic rings. The van der Waals surface area contributed by atoms with Crippen molar-refractivity contribution in [2.45, 2.75) is 49.5 Å². The molecule has 2 aliphatic rings. The van der Waals surface area contributed by atoms with Crippen LogP contribution < -0.4 is 0 Å². The zero-order chi connectivity index (χ0) is 19.4. The zero-order valence-corrected chi connectivity index (χ0v) is 17.2. The number of carbonyl (C=O) groups excluding carboxylic acids is 1. The zero-order valence-electron chi connectivity index (χ0n) is 16.4. The topological polar surface area (TPSA) is 60.9 Å². The highest BCUT2D eigenvalue weighted by atomic mass is 32.2. The molecule has 0 bridgehead atoms. The summed E-state index contributed by atoms with van der Waals surface area (Å²) < 4.78 is 27.5. The molecule has 1 saturated heterocycles. The van der Waals surface area contributed by atoms with Gasteiger partial charge in [-0.1, -0.05) is 31.7 Å². The van der Waals surface area contributed by atoms with E-state index in [2.05, 4.69) is 4.90 Å². The molecular formula is C20H31N3O3S. The average molecular weight is 394 g/mol. The van der Waals surface area contributed by atoms with Gasteiger partial charge in [-0.25, -0.2) is 8.42 Å². The van der Waals surface area contributed by atoms with Crippen LogP contribution >= 0.6 is 0 Å². The molecule has 1 aliphatic heterocycles.